The van der Waals surface area contributed by atoms with Gasteiger partial charge in [0.05, 0.1) is 5.69 Å². The Kier molecular flexibility index (Phi) is 3.90. The minimum atomic E-state index is -4.35. The number of pyridine rings is 1. The van der Waals surface area contributed by atoms with Gasteiger partial charge in [-0.1, -0.05) is 13.0 Å². The molecular formula is C13H17F3N2. The number of hydrogen-bond acceptors (Lipinski definition) is 2. The van der Waals surface area contributed by atoms with Gasteiger partial charge in [0.15, 0.2) is 0 Å². The van der Waals surface area contributed by atoms with Gasteiger partial charge in [0.25, 0.3) is 0 Å². The summed E-state index contributed by atoms with van der Waals surface area (Å²) in [6, 6.07) is 4.10. The third-order valence-electron chi connectivity index (χ3n) is 3.36. The molecule has 2 nitrogen and oxygen atoms in total. The molecule has 0 saturated carbocycles. The van der Waals surface area contributed by atoms with Crippen molar-refractivity contribution in [1.82, 2.24) is 9.88 Å². The van der Waals surface area contributed by atoms with E-state index in [2.05, 4.69) is 16.8 Å². The molecule has 100 valence electrons. The summed E-state index contributed by atoms with van der Waals surface area (Å²) in [7, 11) is 0. The van der Waals surface area contributed by atoms with Crippen molar-refractivity contribution in [2.45, 2.75) is 32.5 Å². The average molecular weight is 258 g/mol. The first-order valence-electron chi connectivity index (χ1n) is 6.20. The zero-order valence-corrected chi connectivity index (χ0v) is 10.4. The van der Waals surface area contributed by atoms with Crippen molar-refractivity contribution in [3.63, 3.8) is 0 Å². The zero-order chi connectivity index (χ0) is 13.2. The summed E-state index contributed by atoms with van der Waals surface area (Å²) >= 11 is 0. The first kappa shape index (κ1) is 13.3. The Bertz CT molecular complexity index is 395. The maximum absolute atomic E-state index is 12.5. The fraction of sp³-hybridized carbons (Fsp3) is 0.615. The molecule has 1 aliphatic heterocycles. The highest BCUT2D eigenvalue weighted by molar-refractivity contribution is 5.13. The Morgan fingerprint density at radius 3 is 2.56 bits per heavy atom. The quantitative estimate of drug-likeness (QED) is 0.809. The molecule has 5 heteroatoms. The molecule has 0 bridgehead atoms. The molecule has 0 radical (unpaired) electrons. The maximum Gasteiger partial charge on any atom is 0.433 e. The van der Waals surface area contributed by atoms with Crippen molar-refractivity contribution in [2.24, 2.45) is 5.92 Å². The number of rotatable bonds is 2. The minimum Gasteiger partial charge on any atom is -0.297 e. The molecule has 0 aromatic carbocycles. The summed E-state index contributed by atoms with van der Waals surface area (Å²) in [5.74, 6) is 0.718. The first-order chi connectivity index (χ1) is 8.45. The van der Waals surface area contributed by atoms with E-state index in [1.54, 1.807) is 6.07 Å². The number of alkyl halides is 3. The van der Waals surface area contributed by atoms with Crippen LogP contribution in [0.15, 0.2) is 18.2 Å². The summed E-state index contributed by atoms with van der Waals surface area (Å²) in [4.78, 5) is 5.86. The van der Waals surface area contributed by atoms with Crippen LogP contribution in [0.25, 0.3) is 0 Å². The predicted molar refractivity (Wildman–Crippen MR) is 62.9 cm³/mol. The molecule has 1 aromatic heterocycles. The van der Waals surface area contributed by atoms with Gasteiger partial charge in [-0.15, -0.1) is 0 Å². The van der Waals surface area contributed by atoms with E-state index in [0.29, 0.717) is 12.2 Å². The Morgan fingerprint density at radius 2 is 1.94 bits per heavy atom. The maximum atomic E-state index is 12.5. The molecule has 2 rings (SSSR count). The third kappa shape index (κ3) is 3.45. The fourth-order valence-electron chi connectivity index (χ4n) is 2.17. The number of halogens is 3. The molecule has 0 aliphatic carbocycles. The van der Waals surface area contributed by atoms with Crippen LogP contribution < -0.4 is 0 Å². The third-order valence-corrected chi connectivity index (χ3v) is 3.36. The number of piperidine rings is 1. The minimum absolute atomic E-state index is 0.499. The van der Waals surface area contributed by atoms with Gasteiger partial charge in [-0.25, -0.2) is 4.98 Å². The number of nitrogens with zero attached hydrogens (tertiary/aromatic N) is 2. The molecular weight excluding hydrogens is 241 g/mol. The number of aromatic nitrogens is 1. The molecule has 1 fully saturated rings. The molecule has 1 aromatic rings. The summed E-state index contributed by atoms with van der Waals surface area (Å²) < 4.78 is 37.6. The van der Waals surface area contributed by atoms with E-state index in [4.69, 9.17) is 0 Å². The van der Waals surface area contributed by atoms with Crippen LogP contribution >= 0.6 is 0 Å². The lowest BCUT2D eigenvalue weighted by Gasteiger charge is -2.29. The van der Waals surface area contributed by atoms with Crippen molar-refractivity contribution < 1.29 is 13.2 Å². The Morgan fingerprint density at radius 1 is 1.28 bits per heavy atom. The summed E-state index contributed by atoms with van der Waals surface area (Å²) in [6.45, 7) is 4.61. The van der Waals surface area contributed by atoms with Crippen LogP contribution in [-0.4, -0.2) is 23.0 Å². The van der Waals surface area contributed by atoms with E-state index in [1.165, 1.54) is 6.07 Å². The van der Waals surface area contributed by atoms with Crippen LogP contribution in [0.5, 0.6) is 0 Å². The van der Waals surface area contributed by atoms with Crippen LogP contribution in [-0.2, 0) is 12.7 Å². The lowest BCUT2D eigenvalue weighted by molar-refractivity contribution is -0.141. The first-order valence-corrected chi connectivity index (χ1v) is 6.20. The molecule has 0 spiro atoms. The molecule has 18 heavy (non-hydrogen) atoms. The standard InChI is InChI=1S/C13H17F3N2/c1-10-5-7-18(8-6-10)9-11-3-2-4-12(17-11)13(14,15)16/h2-4,10H,5-9H2,1H3. The van der Waals surface area contributed by atoms with Gasteiger partial charge in [0.2, 0.25) is 0 Å². The second-order valence-electron chi connectivity index (χ2n) is 4.97. The Labute approximate surface area is 105 Å². The van der Waals surface area contributed by atoms with E-state index in [9.17, 15) is 13.2 Å². The van der Waals surface area contributed by atoms with Gasteiger partial charge in [0, 0.05) is 6.54 Å². The highest BCUT2D eigenvalue weighted by Gasteiger charge is 2.32. The van der Waals surface area contributed by atoms with Crippen LogP contribution in [0, 0.1) is 5.92 Å². The van der Waals surface area contributed by atoms with Crippen molar-refractivity contribution in [3.05, 3.63) is 29.6 Å². The molecule has 1 aliphatic rings. The SMILES string of the molecule is CC1CCN(Cc2cccc(C(F)(F)F)n2)CC1. The van der Waals surface area contributed by atoms with Crippen molar-refractivity contribution >= 4 is 0 Å². The topological polar surface area (TPSA) is 16.1 Å². The normalized spacial score (nSPS) is 19.1. The van der Waals surface area contributed by atoms with Gasteiger partial charge in [-0.2, -0.15) is 13.2 Å². The highest BCUT2D eigenvalue weighted by Crippen LogP contribution is 2.27. The van der Waals surface area contributed by atoms with Gasteiger partial charge >= 0.3 is 6.18 Å². The lowest BCUT2D eigenvalue weighted by Crippen LogP contribution is -2.32. The highest BCUT2D eigenvalue weighted by atomic mass is 19.4. The smallest absolute Gasteiger partial charge is 0.297 e. The average Bonchev–Trinajstić information content (AvgIpc) is 2.31. The van der Waals surface area contributed by atoms with E-state index in [1.807, 2.05) is 0 Å². The lowest BCUT2D eigenvalue weighted by atomic mass is 9.99. The fourth-order valence-corrected chi connectivity index (χ4v) is 2.17. The van der Waals surface area contributed by atoms with Crippen molar-refractivity contribution in [1.29, 1.82) is 0 Å². The molecule has 0 atom stereocenters. The summed E-state index contributed by atoms with van der Waals surface area (Å²) in [5, 5.41) is 0. The molecule has 0 unspecified atom stereocenters. The van der Waals surface area contributed by atoms with Crippen LogP contribution in [0.2, 0.25) is 0 Å². The second-order valence-corrected chi connectivity index (χ2v) is 4.97. The summed E-state index contributed by atoms with van der Waals surface area (Å²) in [5.41, 5.74) is -0.301. The zero-order valence-electron chi connectivity index (χ0n) is 10.4. The molecule has 0 amide bonds. The van der Waals surface area contributed by atoms with Gasteiger partial charge in [0.1, 0.15) is 5.69 Å². The molecule has 0 N–H and O–H groups in total. The van der Waals surface area contributed by atoms with E-state index in [-0.39, 0.29) is 0 Å². The number of hydrogen-bond donors (Lipinski definition) is 0. The van der Waals surface area contributed by atoms with Crippen LogP contribution in [0.3, 0.4) is 0 Å². The largest absolute Gasteiger partial charge is 0.433 e. The van der Waals surface area contributed by atoms with Gasteiger partial charge in [-0.3, -0.25) is 4.90 Å². The Balaban J connectivity index is 2.01. The van der Waals surface area contributed by atoms with E-state index < -0.39 is 11.9 Å². The van der Waals surface area contributed by atoms with E-state index >= 15 is 0 Å². The molecule has 2 heterocycles. The van der Waals surface area contributed by atoms with Gasteiger partial charge < -0.3 is 0 Å². The predicted octanol–water partition coefficient (Wildman–Crippen LogP) is 3.33. The molecule has 1 saturated heterocycles. The van der Waals surface area contributed by atoms with Crippen LogP contribution in [0.1, 0.15) is 31.2 Å². The number of likely N-dealkylation sites (tertiary alicyclic amines) is 1. The summed E-state index contributed by atoms with van der Waals surface area (Å²) in [6.07, 6.45) is -2.13. The monoisotopic (exact) mass is 258 g/mol. The Hall–Kier alpha value is -1.10. The van der Waals surface area contributed by atoms with Crippen molar-refractivity contribution in [2.75, 3.05) is 13.1 Å². The van der Waals surface area contributed by atoms with Gasteiger partial charge in [-0.05, 0) is 44.0 Å². The van der Waals surface area contributed by atoms with E-state index in [0.717, 1.165) is 37.9 Å². The second kappa shape index (κ2) is 5.26. The van der Waals surface area contributed by atoms with Crippen LogP contribution in [0.4, 0.5) is 13.2 Å². The van der Waals surface area contributed by atoms with Crippen molar-refractivity contribution in [3.8, 4) is 0 Å².